The summed E-state index contributed by atoms with van der Waals surface area (Å²) in [5.74, 6) is 1.93. The molecule has 27 heavy (non-hydrogen) atoms. The van der Waals surface area contributed by atoms with Crippen LogP contribution in [0.2, 0.25) is 0 Å². The first kappa shape index (κ1) is 20.6. The molecular weight excluding hydrogens is 338 g/mol. The third-order valence-electron chi connectivity index (χ3n) is 6.44. The third-order valence-corrected chi connectivity index (χ3v) is 6.44. The molecule has 2 heterocycles. The van der Waals surface area contributed by atoms with Crippen LogP contribution in [0.5, 0.6) is 5.75 Å². The van der Waals surface area contributed by atoms with Gasteiger partial charge >= 0.3 is 0 Å². The lowest BCUT2D eigenvalue weighted by molar-refractivity contribution is 0.165. The Morgan fingerprint density at radius 1 is 1.00 bits per heavy atom. The van der Waals surface area contributed by atoms with E-state index in [1.54, 1.807) is 7.11 Å². The largest absolute Gasteiger partial charge is 0.496 e. The molecular formula is C22H37N3O2. The van der Waals surface area contributed by atoms with E-state index in [9.17, 15) is 5.11 Å². The molecule has 2 fully saturated rings. The van der Waals surface area contributed by atoms with Crippen LogP contribution < -0.4 is 4.74 Å². The fourth-order valence-corrected chi connectivity index (χ4v) is 4.67. The number of ether oxygens (including phenoxy) is 1. The van der Waals surface area contributed by atoms with Gasteiger partial charge in [-0.3, -0.25) is 4.90 Å². The highest BCUT2D eigenvalue weighted by Gasteiger charge is 2.33. The monoisotopic (exact) mass is 375 g/mol. The van der Waals surface area contributed by atoms with Crippen molar-refractivity contribution in [1.82, 2.24) is 14.7 Å². The van der Waals surface area contributed by atoms with Gasteiger partial charge in [0.05, 0.1) is 7.11 Å². The Bertz CT molecular complexity index is 622. The lowest BCUT2D eigenvalue weighted by atomic mass is 9.96. The van der Waals surface area contributed by atoms with Crippen molar-refractivity contribution in [3.63, 3.8) is 0 Å². The summed E-state index contributed by atoms with van der Waals surface area (Å²) in [5, 5.41) is 9.94. The number of benzene rings is 1. The summed E-state index contributed by atoms with van der Waals surface area (Å²) in [6.07, 6.45) is 1.25. The van der Waals surface area contributed by atoms with E-state index in [0.29, 0.717) is 18.4 Å². The van der Waals surface area contributed by atoms with Crippen LogP contribution in [0, 0.1) is 25.7 Å². The lowest BCUT2D eigenvalue weighted by Gasteiger charge is -2.26. The molecule has 2 aliphatic rings. The zero-order valence-electron chi connectivity index (χ0n) is 17.6. The van der Waals surface area contributed by atoms with Gasteiger partial charge in [-0.2, -0.15) is 0 Å². The van der Waals surface area contributed by atoms with Gasteiger partial charge in [-0.15, -0.1) is 0 Å². The summed E-state index contributed by atoms with van der Waals surface area (Å²) in [6, 6.07) is 4.41. The van der Waals surface area contributed by atoms with E-state index >= 15 is 0 Å². The number of hydrogen-bond acceptors (Lipinski definition) is 5. The molecule has 0 saturated carbocycles. The highest BCUT2D eigenvalue weighted by atomic mass is 16.5. The maximum absolute atomic E-state index is 9.94. The second-order valence-corrected chi connectivity index (χ2v) is 8.60. The average molecular weight is 376 g/mol. The summed E-state index contributed by atoms with van der Waals surface area (Å²) < 4.78 is 5.45. The molecule has 1 aromatic rings. The Labute approximate surface area is 164 Å². The average Bonchev–Trinajstić information content (AvgIpc) is 2.91. The number of likely N-dealkylation sites (tertiary alicyclic amines) is 1. The van der Waals surface area contributed by atoms with E-state index in [-0.39, 0.29) is 0 Å². The molecule has 0 spiro atoms. The number of rotatable bonds is 6. The van der Waals surface area contributed by atoms with Crippen LogP contribution in [0.25, 0.3) is 0 Å². The Hall–Kier alpha value is -1.14. The van der Waals surface area contributed by atoms with Crippen LogP contribution in [-0.4, -0.2) is 86.4 Å². The van der Waals surface area contributed by atoms with Crippen LogP contribution in [-0.2, 0) is 6.54 Å². The number of hydrogen-bond donors (Lipinski definition) is 1. The molecule has 0 radical (unpaired) electrons. The Balaban J connectivity index is 1.61. The smallest absolute Gasteiger partial charge is 0.122 e. The predicted molar refractivity (Wildman–Crippen MR) is 110 cm³/mol. The minimum atomic E-state index is 0.301. The summed E-state index contributed by atoms with van der Waals surface area (Å²) in [7, 11) is 3.95. The first-order valence-corrected chi connectivity index (χ1v) is 10.4. The van der Waals surface area contributed by atoms with E-state index in [2.05, 4.69) is 47.7 Å². The quantitative estimate of drug-likeness (QED) is 0.823. The summed E-state index contributed by atoms with van der Waals surface area (Å²) in [5.41, 5.74) is 3.86. The maximum Gasteiger partial charge on any atom is 0.122 e. The molecule has 0 bridgehead atoms. The highest BCUT2D eigenvalue weighted by Crippen LogP contribution is 2.28. The van der Waals surface area contributed by atoms with Gasteiger partial charge in [0.1, 0.15) is 5.75 Å². The van der Waals surface area contributed by atoms with Crippen LogP contribution >= 0.6 is 0 Å². The summed E-state index contributed by atoms with van der Waals surface area (Å²) in [6.45, 7) is 13.5. The number of nitrogens with zero attached hydrogens (tertiary/aromatic N) is 3. The molecule has 1 aromatic carbocycles. The molecule has 3 rings (SSSR count). The van der Waals surface area contributed by atoms with Gasteiger partial charge < -0.3 is 19.6 Å². The van der Waals surface area contributed by atoms with E-state index < -0.39 is 0 Å². The second kappa shape index (κ2) is 9.37. The fourth-order valence-electron chi connectivity index (χ4n) is 4.67. The normalized spacial score (nSPS) is 25.7. The molecule has 2 atom stereocenters. The first-order valence-electron chi connectivity index (χ1n) is 10.4. The lowest BCUT2D eigenvalue weighted by Crippen LogP contribution is -2.36. The van der Waals surface area contributed by atoms with E-state index in [1.807, 2.05) is 0 Å². The number of aliphatic hydroxyl groups excluding tert-OH is 1. The second-order valence-electron chi connectivity index (χ2n) is 8.60. The van der Waals surface area contributed by atoms with Crippen molar-refractivity contribution < 1.29 is 9.84 Å². The van der Waals surface area contributed by atoms with Gasteiger partial charge in [0.2, 0.25) is 0 Å². The van der Waals surface area contributed by atoms with Gasteiger partial charge in [-0.1, -0.05) is 6.07 Å². The molecule has 0 aromatic heterocycles. The molecule has 5 heteroatoms. The molecule has 152 valence electrons. The molecule has 2 aliphatic heterocycles. The van der Waals surface area contributed by atoms with Crippen LogP contribution in [0.4, 0.5) is 0 Å². The van der Waals surface area contributed by atoms with Crippen LogP contribution in [0.15, 0.2) is 12.1 Å². The van der Waals surface area contributed by atoms with Gasteiger partial charge in [0.25, 0.3) is 0 Å². The third kappa shape index (κ3) is 5.23. The molecule has 0 unspecified atom stereocenters. The number of aryl methyl sites for hydroxylation is 2. The summed E-state index contributed by atoms with van der Waals surface area (Å²) >= 11 is 0. The minimum absolute atomic E-state index is 0.301. The molecule has 1 N–H and O–H groups in total. The van der Waals surface area contributed by atoms with Crippen molar-refractivity contribution in [3.05, 3.63) is 28.8 Å². The predicted octanol–water partition coefficient (Wildman–Crippen LogP) is 1.99. The van der Waals surface area contributed by atoms with E-state index in [0.717, 1.165) is 45.0 Å². The first-order chi connectivity index (χ1) is 13.0. The maximum atomic E-state index is 9.94. The molecule has 0 amide bonds. The van der Waals surface area contributed by atoms with Crippen molar-refractivity contribution in [1.29, 1.82) is 0 Å². The van der Waals surface area contributed by atoms with E-state index in [4.69, 9.17) is 4.74 Å². The minimum Gasteiger partial charge on any atom is -0.496 e. The van der Waals surface area contributed by atoms with Gasteiger partial charge in [-0.25, -0.2) is 0 Å². The number of methoxy groups -OCH3 is 1. The molecule has 0 aliphatic carbocycles. The Morgan fingerprint density at radius 3 is 2.52 bits per heavy atom. The topological polar surface area (TPSA) is 39.2 Å². The number of likely N-dealkylation sites (N-methyl/N-ethyl adjacent to an activating group) is 1. The van der Waals surface area contributed by atoms with Gasteiger partial charge in [0.15, 0.2) is 0 Å². The van der Waals surface area contributed by atoms with Crippen molar-refractivity contribution in [2.45, 2.75) is 26.8 Å². The van der Waals surface area contributed by atoms with Crippen molar-refractivity contribution in [2.24, 2.45) is 11.8 Å². The Kier molecular flexibility index (Phi) is 7.15. The van der Waals surface area contributed by atoms with Crippen molar-refractivity contribution in [2.75, 3.05) is 66.6 Å². The summed E-state index contributed by atoms with van der Waals surface area (Å²) in [4.78, 5) is 7.58. The molecule has 2 saturated heterocycles. The van der Waals surface area contributed by atoms with Crippen LogP contribution in [0.3, 0.4) is 0 Å². The molecule has 5 nitrogen and oxygen atoms in total. The van der Waals surface area contributed by atoms with Crippen molar-refractivity contribution in [3.8, 4) is 5.75 Å². The zero-order valence-corrected chi connectivity index (χ0v) is 17.6. The number of aliphatic hydroxyl groups is 1. The SMILES string of the molecule is COc1cc(C)c(CN2C[C@@H](CN3CCCN(C)CC3)[C@@H](CO)C2)cc1C. The zero-order chi connectivity index (χ0) is 19.4. The van der Waals surface area contributed by atoms with Crippen molar-refractivity contribution >= 4 is 0 Å². The van der Waals surface area contributed by atoms with E-state index in [1.165, 1.54) is 36.2 Å². The fraction of sp³-hybridized carbons (Fsp3) is 0.727. The highest BCUT2D eigenvalue weighted by molar-refractivity contribution is 5.41. The van der Waals surface area contributed by atoms with Gasteiger partial charge in [-0.05, 0) is 75.0 Å². The standard InChI is InChI=1S/C22H37N3O2/c1-17-11-22(27-4)18(2)10-19(17)12-25-14-20(21(15-25)16-26)13-24-7-5-6-23(3)8-9-24/h10-11,20-21,26H,5-9,12-16H2,1-4H3/t20-,21-/m1/s1. The van der Waals surface area contributed by atoms with Gasteiger partial charge in [0, 0.05) is 45.9 Å². The Morgan fingerprint density at radius 2 is 1.78 bits per heavy atom. The van der Waals surface area contributed by atoms with Crippen LogP contribution in [0.1, 0.15) is 23.1 Å².